The van der Waals surface area contributed by atoms with Gasteiger partial charge in [0, 0.05) is 30.9 Å². The van der Waals surface area contributed by atoms with Crippen LogP contribution in [-0.2, 0) is 9.59 Å². The normalized spacial score (nSPS) is 23.0. The van der Waals surface area contributed by atoms with Gasteiger partial charge in [0.15, 0.2) is 0 Å². The monoisotopic (exact) mass is 340 g/mol. The van der Waals surface area contributed by atoms with Crippen LogP contribution in [0.3, 0.4) is 0 Å². The number of anilines is 1. The van der Waals surface area contributed by atoms with Crippen molar-refractivity contribution in [2.75, 3.05) is 25.0 Å². The molecule has 0 bridgehead atoms. The van der Waals surface area contributed by atoms with Crippen LogP contribution in [0.4, 0.5) is 5.69 Å². The summed E-state index contributed by atoms with van der Waals surface area (Å²) in [6.45, 7) is 6.47. The molecule has 2 aliphatic rings. The zero-order valence-electron chi connectivity index (χ0n) is 14.8. The van der Waals surface area contributed by atoms with Crippen LogP contribution >= 0.6 is 0 Å². The number of nitriles is 1. The second-order valence-corrected chi connectivity index (χ2v) is 6.91. The molecule has 0 unspecified atom stereocenters. The van der Waals surface area contributed by atoms with Gasteiger partial charge in [-0.15, -0.1) is 0 Å². The third kappa shape index (κ3) is 3.52. The number of amides is 2. The highest BCUT2D eigenvalue weighted by molar-refractivity contribution is 6.39. The maximum absolute atomic E-state index is 12.8. The Balaban J connectivity index is 1.73. The average molecular weight is 340 g/mol. The second kappa shape index (κ2) is 7.24. The SMILES string of the molecule is CC[C@H]1CN2CCC[C@@H]2CN1C(=O)C(=O)Nc1cc(C#N)ccc1C. The van der Waals surface area contributed by atoms with E-state index in [4.69, 9.17) is 5.26 Å². The summed E-state index contributed by atoms with van der Waals surface area (Å²) in [6, 6.07) is 7.58. The van der Waals surface area contributed by atoms with Crippen molar-refractivity contribution in [2.45, 2.75) is 45.2 Å². The number of benzene rings is 1. The van der Waals surface area contributed by atoms with E-state index in [2.05, 4.69) is 17.1 Å². The lowest BCUT2D eigenvalue weighted by Gasteiger charge is -2.43. The molecular weight excluding hydrogens is 316 g/mol. The topological polar surface area (TPSA) is 76.4 Å². The molecular formula is C19H24N4O2. The minimum atomic E-state index is -0.622. The largest absolute Gasteiger partial charge is 0.329 e. The first-order chi connectivity index (χ1) is 12.0. The van der Waals surface area contributed by atoms with E-state index in [1.165, 1.54) is 0 Å². The van der Waals surface area contributed by atoms with Crippen molar-refractivity contribution in [3.05, 3.63) is 29.3 Å². The number of aryl methyl sites for hydroxylation is 1. The van der Waals surface area contributed by atoms with E-state index in [1.54, 1.807) is 23.1 Å². The van der Waals surface area contributed by atoms with Crippen molar-refractivity contribution >= 4 is 17.5 Å². The molecule has 0 spiro atoms. The summed E-state index contributed by atoms with van der Waals surface area (Å²) < 4.78 is 0. The van der Waals surface area contributed by atoms with Crippen molar-refractivity contribution in [3.63, 3.8) is 0 Å². The van der Waals surface area contributed by atoms with Gasteiger partial charge in [0.2, 0.25) is 0 Å². The number of nitrogens with zero attached hydrogens (tertiary/aromatic N) is 3. The lowest BCUT2D eigenvalue weighted by Crippen LogP contribution is -2.59. The third-order valence-corrected chi connectivity index (χ3v) is 5.33. The summed E-state index contributed by atoms with van der Waals surface area (Å²) in [6.07, 6.45) is 3.09. The molecule has 2 heterocycles. The Labute approximate surface area is 148 Å². The fourth-order valence-electron chi connectivity index (χ4n) is 3.82. The summed E-state index contributed by atoms with van der Waals surface area (Å²) in [7, 11) is 0. The Morgan fingerprint density at radius 3 is 2.88 bits per heavy atom. The number of fused-ring (bicyclic) bond motifs is 1. The summed E-state index contributed by atoms with van der Waals surface area (Å²) in [4.78, 5) is 29.5. The number of nitrogens with one attached hydrogen (secondary N) is 1. The first-order valence-electron chi connectivity index (χ1n) is 8.90. The molecule has 2 saturated heterocycles. The number of hydrogen-bond donors (Lipinski definition) is 1. The van der Waals surface area contributed by atoms with Gasteiger partial charge in [-0.05, 0) is 50.4 Å². The zero-order valence-corrected chi connectivity index (χ0v) is 14.8. The number of carbonyl (C=O) groups is 2. The van der Waals surface area contributed by atoms with Crippen LogP contribution in [0.25, 0.3) is 0 Å². The standard InChI is InChI=1S/C19H24N4O2/c1-3-15-11-22-8-4-5-16(22)12-23(15)19(25)18(24)21-17-9-14(10-20)7-6-13(17)2/h6-7,9,15-16H,3-5,8,11-12H2,1-2H3,(H,21,24)/t15-,16+/m0/s1. The quantitative estimate of drug-likeness (QED) is 0.834. The van der Waals surface area contributed by atoms with Gasteiger partial charge in [-0.1, -0.05) is 13.0 Å². The van der Waals surface area contributed by atoms with E-state index in [0.29, 0.717) is 23.8 Å². The molecule has 1 N–H and O–H groups in total. The van der Waals surface area contributed by atoms with Crippen molar-refractivity contribution in [1.82, 2.24) is 9.80 Å². The molecule has 1 aromatic rings. The molecule has 6 nitrogen and oxygen atoms in total. The average Bonchev–Trinajstić information content (AvgIpc) is 3.09. The minimum Gasteiger partial charge on any atom is -0.329 e. The molecule has 25 heavy (non-hydrogen) atoms. The van der Waals surface area contributed by atoms with Crippen LogP contribution in [0.1, 0.15) is 37.3 Å². The third-order valence-electron chi connectivity index (χ3n) is 5.33. The second-order valence-electron chi connectivity index (χ2n) is 6.91. The van der Waals surface area contributed by atoms with E-state index in [-0.39, 0.29) is 6.04 Å². The number of hydrogen-bond acceptors (Lipinski definition) is 4. The van der Waals surface area contributed by atoms with Gasteiger partial charge in [0.25, 0.3) is 0 Å². The van der Waals surface area contributed by atoms with Crippen LogP contribution in [0.5, 0.6) is 0 Å². The maximum Gasteiger partial charge on any atom is 0.313 e. The molecule has 2 fully saturated rings. The van der Waals surface area contributed by atoms with Crippen LogP contribution in [0.2, 0.25) is 0 Å². The predicted octanol–water partition coefficient (Wildman–Crippen LogP) is 1.89. The highest BCUT2D eigenvalue weighted by atomic mass is 16.2. The molecule has 0 aliphatic carbocycles. The summed E-state index contributed by atoms with van der Waals surface area (Å²) in [5, 5.41) is 11.7. The molecule has 3 rings (SSSR count). The van der Waals surface area contributed by atoms with Gasteiger partial charge in [0.1, 0.15) is 0 Å². The van der Waals surface area contributed by atoms with Crippen LogP contribution < -0.4 is 5.32 Å². The Morgan fingerprint density at radius 1 is 1.36 bits per heavy atom. The fraction of sp³-hybridized carbons (Fsp3) is 0.526. The van der Waals surface area contributed by atoms with Gasteiger partial charge in [-0.25, -0.2) is 0 Å². The van der Waals surface area contributed by atoms with Gasteiger partial charge in [-0.2, -0.15) is 5.26 Å². The van der Waals surface area contributed by atoms with E-state index in [0.717, 1.165) is 37.9 Å². The number of rotatable bonds is 2. The predicted molar refractivity (Wildman–Crippen MR) is 94.9 cm³/mol. The minimum absolute atomic E-state index is 0.0825. The van der Waals surface area contributed by atoms with Gasteiger partial charge >= 0.3 is 11.8 Å². The van der Waals surface area contributed by atoms with Crippen LogP contribution in [0.15, 0.2) is 18.2 Å². The van der Waals surface area contributed by atoms with E-state index >= 15 is 0 Å². The first kappa shape index (κ1) is 17.4. The van der Waals surface area contributed by atoms with Crippen molar-refractivity contribution in [3.8, 4) is 6.07 Å². The Hall–Kier alpha value is -2.39. The van der Waals surface area contributed by atoms with Crippen molar-refractivity contribution in [2.24, 2.45) is 0 Å². The fourth-order valence-corrected chi connectivity index (χ4v) is 3.82. The maximum atomic E-state index is 12.8. The summed E-state index contributed by atoms with van der Waals surface area (Å²) in [5.41, 5.74) is 1.80. The Kier molecular flexibility index (Phi) is 5.05. The van der Waals surface area contributed by atoms with E-state index in [9.17, 15) is 9.59 Å². The Bertz CT molecular complexity index is 725. The van der Waals surface area contributed by atoms with Crippen molar-refractivity contribution < 1.29 is 9.59 Å². The molecule has 0 radical (unpaired) electrons. The highest BCUT2D eigenvalue weighted by Crippen LogP contribution is 2.26. The first-order valence-corrected chi connectivity index (χ1v) is 8.90. The van der Waals surface area contributed by atoms with Gasteiger partial charge in [0.05, 0.1) is 11.6 Å². The van der Waals surface area contributed by atoms with Crippen LogP contribution in [-0.4, -0.2) is 53.3 Å². The summed E-state index contributed by atoms with van der Waals surface area (Å²) in [5.74, 6) is -1.09. The molecule has 2 amide bonds. The van der Waals surface area contributed by atoms with Crippen LogP contribution in [0, 0.1) is 18.3 Å². The van der Waals surface area contributed by atoms with E-state index < -0.39 is 11.8 Å². The number of piperazine rings is 1. The molecule has 0 aromatic heterocycles. The highest BCUT2D eigenvalue weighted by Gasteiger charge is 2.39. The summed E-state index contributed by atoms with van der Waals surface area (Å²) >= 11 is 0. The molecule has 1 aromatic carbocycles. The lowest BCUT2D eigenvalue weighted by atomic mass is 10.0. The lowest BCUT2D eigenvalue weighted by molar-refractivity contribution is -0.147. The van der Waals surface area contributed by atoms with Crippen molar-refractivity contribution in [1.29, 1.82) is 5.26 Å². The molecule has 0 saturated carbocycles. The van der Waals surface area contributed by atoms with E-state index in [1.807, 2.05) is 13.0 Å². The molecule has 132 valence electrons. The number of carbonyl (C=O) groups excluding carboxylic acids is 2. The zero-order chi connectivity index (χ0) is 18.0. The Morgan fingerprint density at radius 2 is 2.16 bits per heavy atom. The molecule has 6 heteroatoms. The van der Waals surface area contributed by atoms with Gasteiger partial charge < -0.3 is 10.2 Å². The van der Waals surface area contributed by atoms with Gasteiger partial charge in [-0.3, -0.25) is 14.5 Å². The molecule has 2 aliphatic heterocycles. The molecule has 2 atom stereocenters. The smallest absolute Gasteiger partial charge is 0.313 e.